The van der Waals surface area contributed by atoms with Gasteiger partial charge >= 0.3 is 0 Å². The van der Waals surface area contributed by atoms with E-state index in [1.807, 2.05) is 75.4 Å². The van der Waals surface area contributed by atoms with Crippen molar-refractivity contribution in [3.63, 3.8) is 0 Å². The van der Waals surface area contributed by atoms with Gasteiger partial charge in [-0.05, 0) is 113 Å². The molecule has 0 aliphatic carbocycles. The Morgan fingerprint density at radius 3 is 1.45 bits per heavy atom. The van der Waals surface area contributed by atoms with E-state index in [-0.39, 0.29) is 30.1 Å². The summed E-state index contributed by atoms with van der Waals surface area (Å²) < 4.78 is 89.1. The second-order valence-corrected chi connectivity index (χ2v) is 24.4. The summed E-state index contributed by atoms with van der Waals surface area (Å²) in [7, 11) is 15.0. The Morgan fingerprint density at radius 1 is 0.566 bits per heavy atom. The summed E-state index contributed by atoms with van der Waals surface area (Å²) >= 11 is 0. The smallest absolute Gasteiger partial charge is 0.272 e. The summed E-state index contributed by atoms with van der Waals surface area (Å²) in [6.07, 6.45) is 1.57. The largest absolute Gasteiger partial charge is 0.497 e. The zero-order valence-electron chi connectivity index (χ0n) is 61.6. The van der Waals surface area contributed by atoms with Gasteiger partial charge in [0, 0.05) is 93.8 Å². The summed E-state index contributed by atoms with van der Waals surface area (Å²) in [6.45, 7) is 8.89. The van der Waals surface area contributed by atoms with Crippen molar-refractivity contribution in [3.8, 4) is 103 Å². The van der Waals surface area contributed by atoms with Gasteiger partial charge in [-0.1, -0.05) is 37.3 Å². The van der Waals surface area contributed by atoms with E-state index in [1.165, 1.54) is 58.1 Å². The first-order chi connectivity index (χ1) is 50.4. The van der Waals surface area contributed by atoms with Gasteiger partial charge in [0.15, 0.2) is 33.4 Å². The van der Waals surface area contributed by atoms with Crippen LogP contribution in [0.1, 0.15) is 70.0 Å². The van der Waals surface area contributed by atoms with Gasteiger partial charge in [0.25, 0.3) is 5.56 Å². The maximum atomic E-state index is 12.9. The summed E-state index contributed by atoms with van der Waals surface area (Å²) in [6, 6.07) is 43.8. The molecule has 0 spiro atoms. The number of H-pyrrole nitrogens is 2. The Bertz CT molecular complexity index is 4810. The first-order valence-electron chi connectivity index (χ1n) is 31.8. The predicted molar refractivity (Wildman–Crippen MR) is 404 cm³/mol. The van der Waals surface area contributed by atoms with Gasteiger partial charge in [0.1, 0.15) is 80.3 Å². The van der Waals surface area contributed by atoms with Crippen LogP contribution in [0.2, 0.25) is 0 Å². The lowest BCUT2D eigenvalue weighted by Gasteiger charge is -2.19. The fourth-order valence-electron chi connectivity index (χ4n) is 10.3. The number of carbonyl (C=O) groups excluding carboxylic acids is 3. The summed E-state index contributed by atoms with van der Waals surface area (Å²) in [5.74, 6) is 7.14. The van der Waals surface area contributed by atoms with E-state index in [2.05, 4.69) is 31.7 Å². The summed E-state index contributed by atoms with van der Waals surface area (Å²) in [5.41, 5.74) is 15.8. The lowest BCUT2D eigenvalue weighted by molar-refractivity contribution is -0.117. The average Bonchev–Trinajstić information content (AvgIpc) is 1.60. The molecule has 0 bridgehead atoms. The topological polar surface area (TPSA) is 361 Å². The summed E-state index contributed by atoms with van der Waals surface area (Å²) in [5, 5.41) is 28.7. The van der Waals surface area contributed by atoms with Crippen LogP contribution in [0.15, 0.2) is 149 Å². The molecule has 10 aromatic rings. The number of rotatable bonds is 24. The van der Waals surface area contributed by atoms with E-state index < -0.39 is 21.1 Å². The number of aryl methyl sites for hydroxylation is 4. The molecule has 2 unspecified atom stereocenters. The number of hydrogen-bond donors (Lipinski definition) is 4. The van der Waals surface area contributed by atoms with Gasteiger partial charge in [-0.3, -0.25) is 29.4 Å². The number of aldehydes is 1. The molecule has 0 aliphatic rings. The standard InChI is InChI=1S/C18H21NO5S.C16H17N3O3.C12H15N3O2.C12H13NO3.C10H11NO2.C9H10O3.CH4/c1-13-4-8-16(9-5-13)25(21,22)18(19-12-20)10-14-6-7-15(23-2)11-17(14)24-3;1-9-7-14(20)19-16(17-9)15(10(2)18-19)12-6-5-11(21-3)8-13(12)22-4;1-7-11(12(13)15-14-7)9-5-4-8(16-2)6-10(9)17-3;1-8(14)11(7-13)10-5-4-9(15-2)6-12(10)16-3;1-12-9-4-3-8(5-6-11)10(7-9)13-2;1-11-8-4-3-7(6-10)9(5-8)12-2;/h4-9,11-12,18H,10H2,1-3H3,(H,19,20);5-8,18H,1-4H3;4-6H,1-3H3,(H3,13,14,15);4-6,11H,1-3H3;3-4,7H,5H2,1-2H3;3-6H,1-2H3;1H4. The number of Topliss-reactive ketones (excluding diaryl/α,β-unsaturated/α-hetero) is 1. The molecule has 1 amide bonds. The number of ether oxygens (including phenoxy) is 12. The second-order valence-electron chi connectivity index (χ2n) is 22.3. The minimum atomic E-state index is -3.75. The Hall–Kier alpha value is -12.7. The zero-order chi connectivity index (χ0) is 77.5. The molecule has 0 aliphatic heterocycles. The van der Waals surface area contributed by atoms with Crippen LogP contribution < -0.4 is 73.5 Å². The fourth-order valence-corrected chi connectivity index (χ4v) is 11.7. The fraction of sp³-hybridized carbons (Fsp3) is 0.282. The highest BCUT2D eigenvalue weighted by Crippen LogP contribution is 2.39. The molecule has 28 heteroatoms. The Morgan fingerprint density at radius 2 is 1.01 bits per heavy atom. The number of nitrogens with zero attached hydrogens (tertiary/aromatic N) is 5. The van der Waals surface area contributed by atoms with Gasteiger partial charge in [-0.2, -0.15) is 15.6 Å². The van der Waals surface area contributed by atoms with Crippen molar-refractivity contribution in [2.45, 2.75) is 71.1 Å². The third-order valence-electron chi connectivity index (χ3n) is 15.8. The number of aromatic nitrogens is 5. The maximum absolute atomic E-state index is 12.9. The molecular weight excluding hydrogens is 1380 g/mol. The molecule has 3 aromatic heterocycles. The van der Waals surface area contributed by atoms with Crippen LogP contribution in [-0.2, 0) is 32.3 Å². The number of methoxy groups -OCH3 is 12. The van der Waals surface area contributed by atoms with Gasteiger partial charge in [0.05, 0.1) is 120 Å². The second kappa shape index (κ2) is 42.0. The number of nitriles is 2. The Labute approximate surface area is 617 Å². The molecule has 27 nitrogen and oxygen atoms in total. The number of carbonyl (C=O) groups is 3. The number of aromatic amines is 2. The van der Waals surface area contributed by atoms with Crippen molar-refractivity contribution in [3.05, 3.63) is 195 Å². The van der Waals surface area contributed by atoms with Gasteiger partial charge in [0.2, 0.25) is 6.41 Å². The molecule has 0 saturated carbocycles. The highest BCUT2D eigenvalue weighted by molar-refractivity contribution is 7.92. The number of nitrogen functional groups attached to an aromatic ring is 1. The SMILES string of the molecule is C.COc1ccc(-c2c(C)[nH]n3c(=O)cc(C)nc23)c(OC)c1.COc1ccc(-c2c(N)n[nH]c2C)c(OC)c1.COc1ccc(C(C#N)C(C)=O)c(OC)c1.COc1ccc(C=O)c(OC)c1.COc1ccc(CC#N)c(OC)c1.COc1ccc(CC(NC=O)S(=O)(=O)c2ccc(C)cc2)c(OC)c1. The lowest BCUT2D eigenvalue weighted by atomic mass is 9.96. The number of fused-ring (bicyclic) bond motifs is 1. The third kappa shape index (κ3) is 22.4. The van der Waals surface area contributed by atoms with Crippen LogP contribution in [0.25, 0.3) is 27.9 Å². The quantitative estimate of drug-likeness (QED) is 0.0408. The molecule has 7 aromatic carbocycles. The normalized spacial score (nSPS) is 10.7. The van der Waals surface area contributed by atoms with E-state index in [1.54, 1.807) is 137 Å². The number of sulfone groups is 1. The number of amides is 1. The maximum Gasteiger partial charge on any atom is 0.272 e. The molecule has 2 atom stereocenters. The Kier molecular flexibility index (Phi) is 34.0. The van der Waals surface area contributed by atoms with Crippen molar-refractivity contribution >= 4 is 39.8 Å². The minimum absolute atomic E-state index is 0. The minimum Gasteiger partial charge on any atom is -0.497 e. The van der Waals surface area contributed by atoms with Gasteiger partial charge < -0.3 is 67.9 Å². The van der Waals surface area contributed by atoms with Crippen molar-refractivity contribution in [2.24, 2.45) is 0 Å². The van der Waals surface area contributed by atoms with E-state index in [9.17, 15) is 27.6 Å². The highest BCUT2D eigenvalue weighted by atomic mass is 32.2. The molecule has 3 heterocycles. The van der Waals surface area contributed by atoms with Crippen LogP contribution in [0.4, 0.5) is 5.82 Å². The Balaban J connectivity index is 0.000000273. The highest BCUT2D eigenvalue weighted by Gasteiger charge is 2.29. The monoisotopic (exact) mass is 1470 g/mol. The molecule has 0 fully saturated rings. The van der Waals surface area contributed by atoms with E-state index in [0.717, 1.165) is 62.6 Å². The number of ketones is 1. The molecule has 106 heavy (non-hydrogen) atoms. The average molecular weight is 1470 g/mol. The van der Waals surface area contributed by atoms with E-state index in [4.69, 9.17) is 73.1 Å². The van der Waals surface area contributed by atoms with Crippen molar-refractivity contribution in [1.29, 1.82) is 10.5 Å². The van der Waals surface area contributed by atoms with Crippen LogP contribution in [-0.4, -0.2) is 142 Å². The van der Waals surface area contributed by atoms with Crippen LogP contribution in [0, 0.1) is 50.4 Å². The number of anilines is 1. The molecule has 5 N–H and O–H groups in total. The van der Waals surface area contributed by atoms with Gasteiger partial charge in [-0.15, -0.1) is 0 Å². The lowest BCUT2D eigenvalue weighted by Crippen LogP contribution is -2.37. The molecule has 562 valence electrons. The van der Waals surface area contributed by atoms with Gasteiger partial charge in [-0.25, -0.2) is 17.9 Å². The van der Waals surface area contributed by atoms with Crippen molar-refractivity contribution in [1.82, 2.24) is 30.1 Å². The number of nitrogens with two attached hydrogens (primary N) is 1. The number of benzene rings is 7. The molecule has 10 rings (SSSR count). The number of hydrogen-bond acceptors (Lipinski definition) is 23. The summed E-state index contributed by atoms with van der Waals surface area (Å²) in [4.78, 5) is 49.5. The van der Waals surface area contributed by atoms with E-state index in [0.29, 0.717) is 104 Å². The molecule has 0 saturated heterocycles. The van der Waals surface area contributed by atoms with Crippen molar-refractivity contribution in [2.75, 3.05) is 91.1 Å². The van der Waals surface area contributed by atoms with Crippen molar-refractivity contribution < 1.29 is 79.6 Å². The van der Waals surface area contributed by atoms with Crippen LogP contribution in [0.3, 0.4) is 0 Å². The number of nitrogens with one attached hydrogen (secondary N) is 3. The molecule has 0 radical (unpaired) electrons. The first kappa shape index (κ1) is 85.7. The third-order valence-corrected chi connectivity index (χ3v) is 17.7. The molecular formula is C78H91N9O18S. The predicted octanol–water partition coefficient (Wildman–Crippen LogP) is 12.2. The first-order valence-corrected chi connectivity index (χ1v) is 33.4. The van der Waals surface area contributed by atoms with Crippen LogP contribution in [0.5, 0.6) is 69.0 Å². The zero-order valence-corrected chi connectivity index (χ0v) is 62.4. The van der Waals surface area contributed by atoms with E-state index >= 15 is 0 Å². The van der Waals surface area contributed by atoms with Crippen LogP contribution >= 0.6 is 0 Å².